The Bertz CT molecular complexity index is 420. The number of carbonyl (C=O) groups excluding carboxylic acids is 2. The number of nitrogens with two attached hydrogens (primary N) is 1. The van der Waals surface area contributed by atoms with Crippen LogP contribution in [0.3, 0.4) is 0 Å². The summed E-state index contributed by atoms with van der Waals surface area (Å²) in [6.45, 7) is 1.44. The molecule has 8 heteroatoms. The van der Waals surface area contributed by atoms with Crippen molar-refractivity contribution in [2.45, 2.75) is 31.1 Å². The van der Waals surface area contributed by atoms with E-state index in [4.69, 9.17) is 5.73 Å². The third-order valence-electron chi connectivity index (χ3n) is 2.82. The highest BCUT2D eigenvalue weighted by molar-refractivity contribution is 7.90. The maximum absolute atomic E-state index is 11.7. The molecule has 3 N–H and O–H groups in total. The fraction of sp³-hybridized carbons (Fsp3) is 0.778. The number of likely N-dealkylation sites (tertiary alicyclic amines) is 1. The second-order valence-electron chi connectivity index (χ2n) is 4.09. The SMILES string of the molecule is CC(CN)S(=O)(=O)NC1CCC(=O)N(C)C1=O. The van der Waals surface area contributed by atoms with Crippen LogP contribution in [0.2, 0.25) is 0 Å². The highest BCUT2D eigenvalue weighted by atomic mass is 32.2. The molecule has 1 saturated heterocycles. The number of sulfonamides is 1. The summed E-state index contributed by atoms with van der Waals surface area (Å²) in [5.41, 5.74) is 5.28. The molecule has 1 rings (SSSR count). The first kappa shape index (κ1) is 14.1. The van der Waals surface area contributed by atoms with Gasteiger partial charge in [0.15, 0.2) is 0 Å². The first-order valence-corrected chi connectivity index (χ1v) is 6.86. The van der Waals surface area contributed by atoms with Crippen molar-refractivity contribution < 1.29 is 18.0 Å². The van der Waals surface area contributed by atoms with Gasteiger partial charge in [-0.15, -0.1) is 0 Å². The van der Waals surface area contributed by atoms with Crippen LogP contribution in [-0.2, 0) is 19.6 Å². The molecule has 1 fully saturated rings. The Hall–Kier alpha value is -0.990. The predicted octanol–water partition coefficient (Wildman–Crippen LogP) is -1.60. The minimum Gasteiger partial charge on any atom is -0.329 e. The topological polar surface area (TPSA) is 110 Å². The lowest BCUT2D eigenvalue weighted by molar-refractivity contribution is -0.147. The van der Waals surface area contributed by atoms with Crippen molar-refractivity contribution in [3.63, 3.8) is 0 Å². The Labute approximate surface area is 100 Å². The molecule has 2 unspecified atom stereocenters. The Morgan fingerprint density at radius 1 is 1.53 bits per heavy atom. The van der Waals surface area contributed by atoms with Crippen LogP contribution in [0.1, 0.15) is 19.8 Å². The number of imide groups is 1. The third-order valence-corrected chi connectivity index (χ3v) is 4.68. The van der Waals surface area contributed by atoms with Crippen molar-refractivity contribution in [3.05, 3.63) is 0 Å². The molecule has 2 amide bonds. The number of nitrogens with zero attached hydrogens (tertiary/aromatic N) is 1. The van der Waals surface area contributed by atoms with E-state index in [-0.39, 0.29) is 25.3 Å². The number of carbonyl (C=O) groups is 2. The largest absolute Gasteiger partial charge is 0.329 e. The number of hydrogen-bond acceptors (Lipinski definition) is 5. The fourth-order valence-electron chi connectivity index (χ4n) is 1.47. The van der Waals surface area contributed by atoms with Crippen molar-refractivity contribution >= 4 is 21.8 Å². The lowest BCUT2D eigenvalue weighted by atomic mass is 10.1. The van der Waals surface area contributed by atoms with Crippen molar-refractivity contribution in [1.82, 2.24) is 9.62 Å². The second kappa shape index (κ2) is 5.11. The minimum atomic E-state index is -3.62. The van der Waals surface area contributed by atoms with Crippen LogP contribution in [-0.4, -0.2) is 50.0 Å². The molecule has 0 aliphatic carbocycles. The van der Waals surface area contributed by atoms with Crippen LogP contribution in [0.15, 0.2) is 0 Å². The predicted molar refractivity (Wildman–Crippen MR) is 61.4 cm³/mol. The first-order valence-electron chi connectivity index (χ1n) is 5.31. The average Bonchev–Trinajstić information content (AvgIpc) is 2.28. The summed E-state index contributed by atoms with van der Waals surface area (Å²) in [6.07, 6.45) is 0.352. The molecule has 2 atom stereocenters. The van der Waals surface area contributed by atoms with E-state index in [1.807, 2.05) is 0 Å². The molecular formula is C9H17N3O4S. The first-order chi connectivity index (χ1) is 7.79. The summed E-state index contributed by atoms with van der Waals surface area (Å²) in [5, 5.41) is -0.766. The van der Waals surface area contributed by atoms with E-state index in [2.05, 4.69) is 4.72 Å². The summed E-state index contributed by atoms with van der Waals surface area (Å²) in [7, 11) is -2.27. The Morgan fingerprint density at radius 2 is 2.12 bits per heavy atom. The molecule has 0 aromatic rings. The molecule has 0 spiro atoms. The van der Waals surface area contributed by atoms with Crippen LogP contribution in [0.25, 0.3) is 0 Å². The maximum atomic E-state index is 11.7. The monoisotopic (exact) mass is 263 g/mol. The van der Waals surface area contributed by atoms with Crippen molar-refractivity contribution in [3.8, 4) is 0 Å². The molecule has 17 heavy (non-hydrogen) atoms. The molecule has 0 radical (unpaired) electrons. The number of amides is 2. The van der Waals surface area contributed by atoms with Gasteiger partial charge in [-0.3, -0.25) is 14.5 Å². The Kier molecular flexibility index (Phi) is 4.23. The van der Waals surface area contributed by atoms with E-state index in [0.717, 1.165) is 4.90 Å². The molecule has 0 bridgehead atoms. The summed E-state index contributed by atoms with van der Waals surface area (Å²) < 4.78 is 25.7. The van der Waals surface area contributed by atoms with E-state index in [1.165, 1.54) is 14.0 Å². The Balaban J connectivity index is 2.77. The van der Waals surface area contributed by atoms with Crippen LogP contribution in [0.5, 0.6) is 0 Å². The zero-order chi connectivity index (χ0) is 13.2. The van der Waals surface area contributed by atoms with Gasteiger partial charge in [0.05, 0.1) is 5.25 Å². The van der Waals surface area contributed by atoms with Gasteiger partial charge in [0.2, 0.25) is 21.8 Å². The van der Waals surface area contributed by atoms with Crippen LogP contribution < -0.4 is 10.5 Å². The highest BCUT2D eigenvalue weighted by Crippen LogP contribution is 2.13. The lowest BCUT2D eigenvalue weighted by Crippen LogP contribution is -2.54. The number of rotatable bonds is 4. The average molecular weight is 263 g/mol. The van der Waals surface area contributed by atoms with E-state index < -0.39 is 27.2 Å². The van der Waals surface area contributed by atoms with E-state index >= 15 is 0 Å². The molecule has 0 saturated carbocycles. The molecular weight excluding hydrogens is 246 g/mol. The second-order valence-corrected chi connectivity index (χ2v) is 6.22. The van der Waals surface area contributed by atoms with E-state index in [0.29, 0.717) is 0 Å². The van der Waals surface area contributed by atoms with E-state index in [1.54, 1.807) is 0 Å². The van der Waals surface area contributed by atoms with Gasteiger partial charge in [0.1, 0.15) is 6.04 Å². The van der Waals surface area contributed by atoms with Gasteiger partial charge < -0.3 is 5.73 Å². The van der Waals surface area contributed by atoms with Crippen molar-refractivity contribution in [2.24, 2.45) is 5.73 Å². The Morgan fingerprint density at radius 3 is 2.65 bits per heavy atom. The maximum Gasteiger partial charge on any atom is 0.247 e. The van der Waals surface area contributed by atoms with Gasteiger partial charge >= 0.3 is 0 Å². The molecule has 1 aliphatic rings. The quantitative estimate of drug-likeness (QED) is 0.594. The molecule has 1 aliphatic heterocycles. The third kappa shape index (κ3) is 3.02. The number of nitrogens with one attached hydrogen (secondary N) is 1. The number of hydrogen-bond donors (Lipinski definition) is 2. The van der Waals surface area contributed by atoms with E-state index in [9.17, 15) is 18.0 Å². The van der Waals surface area contributed by atoms with Gasteiger partial charge in [-0.05, 0) is 13.3 Å². The molecule has 0 aromatic carbocycles. The van der Waals surface area contributed by atoms with Crippen molar-refractivity contribution in [1.29, 1.82) is 0 Å². The molecule has 1 heterocycles. The standard InChI is InChI=1S/C9H17N3O4S/c1-6(5-10)17(15,16)11-7-3-4-8(13)12(2)9(7)14/h6-7,11H,3-5,10H2,1-2H3. The van der Waals surface area contributed by atoms with Gasteiger partial charge in [-0.2, -0.15) is 0 Å². The zero-order valence-electron chi connectivity index (χ0n) is 9.84. The molecule has 0 aromatic heterocycles. The summed E-state index contributed by atoms with van der Waals surface area (Å²) in [5.74, 6) is -0.814. The normalized spacial score (nSPS) is 23.9. The van der Waals surface area contributed by atoms with Gasteiger partial charge in [0, 0.05) is 20.0 Å². The number of piperidine rings is 1. The van der Waals surface area contributed by atoms with Gasteiger partial charge in [-0.25, -0.2) is 13.1 Å². The minimum absolute atomic E-state index is 0.0228. The summed E-state index contributed by atoms with van der Waals surface area (Å²) >= 11 is 0. The summed E-state index contributed by atoms with van der Waals surface area (Å²) in [4.78, 5) is 23.8. The van der Waals surface area contributed by atoms with Crippen LogP contribution in [0, 0.1) is 0 Å². The number of likely N-dealkylation sites (N-methyl/N-ethyl adjacent to an activating group) is 1. The highest BCUT2D eigenvalue weighted by Gasteiger charge is 2.35. The van der Waals surface area contributed by atoms with Gasteiger partial charge in [-0.1, -0.05) is 0 Å². The smallest absolute Gasteiger partial charge is 0.247 e. The molecule has 98 valence electrons. The zero-order valence-corrected chi connectivity index (χ0v) is 10.7. The van der Waals surface area contributed by atoms with Crippen LogP contribution >= 0.6 is 0 Å². The summed E-state index contributed by atoms with van der Waals surface area (Å²) in [6, 6.07) is -0.864. The van der Waals surface area contributed by atoms with Crippen molar-refractivity contribution in [2.75, 3.05) is 13.6 Å². The molecule has 7 nitrogen and oxygen atoms in total. The van der Waals surface area contributed by atoms with Crippen LogP contribution in [0.4, 0.5) is 0 Å². The fourth-order valence-corrected chi connectivity index (χ4v) is 2.57. The van der Waals surface area contributed by atoms with Gasteiger partial charge in [0.25, 0.3) is 0 Å². The lowest BCUT2D eigenvalue weighted by Gasteiger charge is -2.28.